The molecule has 2 nitrogen and oxygen atoms in total. The first kappa shape index (κ1) is 12.9. The molecular formula is C18H18O2. The van der Waals surface area contributed by atoms with Crippen molar-refractivity contribution >= 4 is 5.97 Å². The van der Waals surface area contributed by atoms with Crippen molar-refractivity contribution in [2.75, 3.05) is 0 Å². The Morgan fingerprint density at radius 3 is 2.50 bits per heavy atom. The maximum Gasteiger partial charge on any atom is 0.303 e. The molecule has 0 heterocycles. The van der Waals surface area contributed by atoms with E-state index in [0.29, 0.717) is 0 Å². The zero-order valence-corrected chi connectivity index (χ0v) is 11.3. The fourth-order valence-electron chi connectivity index (χ4n) is 3.38. The monoisotopic (exact) mass is 266 g/mol. The molecule has 20 heavy (non-hydrogen) atoms. The number of hydrogen-bond acceptors (Lipinski definition) is 1. The first-order valence-electron chi connectivity index (χ1n) is 7.10. The second kappa shape index (κ2) is 5.49. The summed E-state index contributed by atoms with van der Waals surface area (Å²) >= 11 is 0. The number of rotatable bonds is 3. The van der Waals surface area contributed by atoms with E-state index in [0.717, 1.165) is 12.8 Å². The van der Waals surface area contributed by atoms with Crippen molar-refractivity contribution in [1.82, 2.24) is 0 Å². The summed E-state index contributed by atoms with van der Waals surface area (Å²) < 4.78 is 0. The van der Waals surface area contributed by atoms with Crippen LogP contribution in [0.2, 0.25) is 0 Å². The van der Waals surface area contributed by atoms with Gasteiger partial charge in [-0.15, -0.1) is 0 Å². The number of hydrogen-bond donors (Lipinski definition) is 1. The summed E-state index contributed by atoms with van der Waals surface area (Å²) in [5.41, 5.74) is 3.89. The van der Waals surface area contributed by atoms with Gasteiger partial charge in [-0.3, -0.25) is 4.79 Å². The third-order valence-electron chi connectivity index (χ3n) is 4.24. The highest BCUT2D eigenvalue weighted by Crippen LogP contribution is 2.42. The van der Waals surface area contributed by atoms with E-state index in [1.165, 1.54) is 16.7 Å². The van der Waals surface area contributed by atoms with E-state index in [1.54, 1.807) is 0 Å². The van der Waals surface area contributed by atoms with Gasteiger partial charge in [0.25, 0.3) is 0 Å². The molecule has 0 spiro atoms. The van der Waals surface area contributed by atoms with Crippen molar-refractivity contribution in [3.8, 4) is 0 Å². The number of fused-ring (bicyclic) bond motifs is 1. The SMILES string of the molecule is O=C(O)C[C@H]1CCc2ccccc2[C@H]1c1ccccc1. The van der Waals surface area contributed by atoms with E-state index in [1.807, 2.05) is 18.2 Å². The average molecular weight is 266 g/mol. The lowest BCUT2D eigenvalue weighted by Gasteiger charge is -2.33. The molecule has 0 saturated carbocycles. The summed E-state index contributed by atoms with van der Waals surface area (Å²) in [5, 5.41) is 9.18. The van der Waals surface area contributed by atoms with Crippen LogP contribution in [0.15, 0.2) is 54.6 Å². The zero-order valence-electron chi connectivity index (χ0n) is 11.3. The van der Waals surface area contributed by atoms with Crippen LogP contribution in [0.5, 0.6) is 0 Å². The third-order valence-corrected chi connectivity index (χ3v) is 4.24. The Hall–Kier alpha value is -2.09. The molecule has 0 fully saturated rings. The van der Waals surface area contributed by atoms with Gasteiger partial charge in [0.15, 0.2) is 0 Å². The Kier molecular flexibility index (Phi) is 3.55. The van der Waals surface area contributed by atoms with E-state index < -0.39 is 5.97 Å². The Balaban J connectivity index is 2.05. The number of carbonyl (C=O) groups is 1. The van der Waals surface area contributed by atoms with E-state index in [-0.39, 0.29) is 18.3 Å². The van der Waals surface area contributed by atoms with Crippen molar-refractivity contribution in [3.05, 3.63) is 71.3 Å². The highest BCUT2D eigenvalue weighted by Gasteiger charge is 2.31. The second-order valence-electron chi connectivity index (χ2n) is 5.48. The quantitative estimate of drug-likeness (QED) is 0.916. The van der Waals surface area contributed by atoms with Crippen LogP contribution in [0, 0.1) is 5.92 Å². The van der Waals surface area contributed by atoms with Crippen molar-refractivity contribution in [3.63, 3.8) is 0 Å². The molecule has 2 atom stereocenters. The zero-order chi connectivity index (χ0) is 13.9. The minimum Gasteiger partial charge on any atom is -0.481 e. The maximum atomic E-state index is 11.2. The molecule has 3 rings (SSSR count). The fraction of sp³-hybridized carbons (Fsp3) is 0.278. The van der Waals surface area contributed by atoms with Gasteiger partial charge < -0.3 is 5.11 Å². The number of carboxylic acid groups (broad SMARTS) is 1. The molecule has 2 aromatic rings. The first-order valence-corrected chi connectivity index (χ1v) is 7.10. The Morgan fingerprint density at radius 1 is 1.05 bits per heavy atom. The number of aliphatic carboxylic acids is 1. The molecule has 0 unspecified atom stereocenters. The molecule has 1 aliphatic carbocycles. The highest BCUT2D eigenvalue weighted by atomic mass is 16.4. The summed E-state index contributed by atoms with van der Waals surface area (Å²) in [5.74, 6) is -0.308. The lowest BCUT2D eigenvalue weighted by Crippen LogP contribution is -2.24. The topological polar surface area (TPSA) is 37.3 Å². The van der Waals surface area contributed by atoms with E-state index in [9.17, 15) is 9.90 Å². The average Bonchev–Trinajstić information content (AvgIpc) is 2.47. The first-order chi connectivity index (χ1) is 9.75. The van der Waals surface area contributed by atoms with Crippen LogP contribution in [-0.2, 0) is 11.2 Å². The lowest BCUT2D eigenvalue weighted by atomic mass is 9.71. The molecular weight excluding hydrogens is 248 g/mol. The van der Waals surface area contributed by atoms with Crippen LogP contribution in [0.1, 0.15) is 35.4 Å². The predicted octanol–water partition coefficient (Wildman–Crippen LogP) is 3.86. The summed E-state index contributed by atoms with van der Waals surface area (Å²) in [6.07, 6.45) is 2.17. The highest BCUT2D eigenvalue weighted by molar-refractivity contribution is 5.67. The molecule has 2 heteroatoms. The van der Waals surface area contributed by atoms with E-state index in [2.05, 4.69) is 36.4 Å². The van der Waals surface area contributed by atoms with Crippen molar-refractivity contribution < 1.29 is 9.90 Å². The third kappa shape index (κ3) is 2.46. The van der Waals surface area contributed by atoms with Crippen molar-refractivity contribution in [2.24, 2.45) is 5.92 Å². The number of carboxylic acids is 1. The lowest BCUT2D eigenvalue weighted by molar-refractivity contribution is -0.138. The summed E-state index contributed by atoms with van der Waals surface area (Å²) in [7, 11) is 0. The van der Waals surface area contributed by atoms with Crippen LogP contribution in [-0.4, -0.2) is 11.1 Å². The fourth-order valence-corrected chi connectivity index (χ4v) is 3.38. The molecule has 0 radical (unpaired) electrons. The predicted molar refractivity (Wildman–Crippen MR) is 78.8 cm³/mol. The second-order valence-corrected chi connectivity index (χ2v) is 5.48. The van der Waals surface area contributed by atoms with Gasteiger partial charge in [-0.25, -0.2) is 0 Å². The van der Waals surface area contributed by atoms with E-state index >= 15 is 0 Å². The molecule has 0 amide bonds. The van der Waals surface area contributed by atoms with Gasteiger partial charge in [0, 0.05) is 12.3 Å². The van der Waals surface area contributed by atoms with Gasteiger partial charge in [0.2, 0.25) is 0 Å². The molecule has 0 bridgehead atoms. The molecule has 102 valence electrons. The van der Waals surface area contributed by atoms with Crippen LogP contribution < -0.4 is 0 Å². The molecule has 0 saturated heterocycles. The van der Waals surface area contributed by atoms with Crippen LogP contribution in [0.25, 0.3) is 0 Å². The van der Waals surface area contributed by atoms with Crippen molar-refractivity contribution in [1.29, 1.82) is 0 Å². The smallest absolute Gasteiger partial charge is 0.303 e. The van der Waals surface area contributed by atoms with Crippen LogP contribution >= 0.6 is 0 Å². The van der Waals surface area contributed by atoms with Gasteiger partial charge in [-0.05, 0) is 35.4 Å². The number of benzene rings is 2. The Bertz CT molecular complexity index is 604. The van der Waals surface area contributed by atoms with Gasteiger partial charge in [0.1, 0.15) is 0 Å². The normalized spacial score (nSPS) is 21.2. The Morgan fingerprint density at radius 2 is 1.75 bits per heavy atom. The van der Waals surface area contributed by atoms with Crippen LogP contribution in [0.4, 0.5) is 0 Å². The maximum absolute atomic E-state index is 11.2. The van der Waals surface area contributed by atoms with Gasteiger partial charge >= 0.3 is 5.97 Å². The minimum atomic E-state index is -0.699. The molecule has 2 aromatic carbocycles. The molecule has 1 N–H and O–H groups in total. The minimum absolute atomic E-state index is 0.185. The van der Waals surface area contributed by atoms with Gasteiger partial charge in [0.05, 0.1) is 0 Å². The molecule has 0 aromatic heterocycles. The Labute approximate surface area is 119 Å². The van der Waals surface area contributed by atoms with Crippen LogP contribution in [0.3, 0.4) is 0 Å². The molecule has 0 aliphatic heterocycles. The largest absolute Gasteiger partial charge is 0.481 e. The van der Waals surface area contributed by atoms with Crippen molar-refractivity contribution in [2.45, 2.75) is 25.2 Å². The standard InChI is InChI=1S/C18H18O2/c19-17(20)12-15-11-10-13-6-4-5-9-16(13)18(15)14-7-2-1-3-8-14/h1-9,15,18H,10-12H2,(H,19,20)/t15-,18+/m1/s1. The van der Waals surface area contributed by atoms with E-state index in [4.69, 9.17) is 0 Å². The van der Waals surface area contributed by atoms with Gasteiger partial charge in [-0.1, -0.05) is 54.6 Å². The molecule has 1 aliphatic rings. The number of aryl methyl sites for hydroxylation is 1. The summed E-state index contributed by atoms with van der Waals surface area (Å²) in [6.45, 7) is 0. The summed E-state index contributed by atoms with van der Waals surface area (Å²) in [6, 6.07) is 18.7. The van der Waals surface area contributed by atoms with Gasteiger partial charge in [-0.2, -0.15) is 0 Å². The summed E-state index contributed by atoms with van der Waals surface area (Å²) in [4.78, 5) is 11.2.